The van der Waals surface area contributed by atoms with Crippen LogP contribution in [0.1, 0.15) is 11.3 Å². The summed E-state index contributed by atoms with van der Waals surface area (Å²) in [5, 5.41) is 3.88. The largest absolute Gasteiger partial charge is 0.493 e. The molecular formula is C21H21NO4. The predicted molar refractivity (Wildman–Crippen MR) is 102 cm³/mol. The van der Waals surface area contributed by atoms with Crippen LogP contribution in [-0.2, 0) is 11.2 Å². The Morgan fingerprint density at radius 2 is 1.88 bits per heavy atom. The van der Waals surface area contributed by atoms with Crippen LogP contribution >= 0.6 is 0 Å². The maximum Gasteiger partial charge on any atom is 0.244 e. The molecule has 26 heavy (non-hydrogen) atoms. The highest BCUT2D eigenvalue weighted by atomic mass is 16.5. The highest BCUT2D eigenvalue weighted by Gasteiger charge is 2.05. The van der Waals surface area contributed by atoms with Gasteiger partial charge >= 0.3 is 0 Å². The fourth-order valence-electron chi connectivity index (χ4n) is 2.67. The topological polar surface area (TPSA) is 60.7 Å². The average molecular weight is 351 g/mol. The van der Waals surface area contributed by atoms with Gasteiger partial charge in [0.2, 0.25) is 5.91 Å². The van der Waals surface area contributed by atoms with Crippen LogP contribution in [0.3, 0.4) is 0 Å². The van der Waals surface area contributed by atoms with Crippen LogP contribution in [-0.4, -0.2) is 26.7 Å². The van der Waals surface area contributed by atoms with E-state index < -0.39 is 0 Å². The van der Waals surface area contributed by atoms with Gasteiger partial charge in [0.1, 0.15) is 11.3 Å². The highest BCUT2D eigenvalue weighted by molar-refractivity contribution is 5.92. The number of carbonyl (C=O) groups is 1. The molecule has 0 bridgehead atoms. The molecule has 0 aliphatic rings. The minimum absolute atomic E-state index is 0.161. The standard InChI is InChI=1S/C21H21NO4/c1-24-19-9-7-15(13-20(19)25-2)11-12-22-21(23)10-8-17-14-16-5-3-4-6-18(16)26-17/h3-10,13-14H,11-12H2,1-2H3,(H,22,23)/b10-8+. The molecule has 0 aliphatic heterocycles. The molecule has 2 aromatic carbocycles. The second-order valence-electron chi connectivity index (χ2n) is 5.75. The van der Waals surface area contributed by atoms with Crippen LogP contribution < -0.4 is 14.8 Å². The molecule has 0 saturated heterocycles. The molecule has 1 N–H and O–H groups in total. The van der Waals surface area contributed by atoms with E-state index in [2.05, 4.69) is 5.32 Å². The lowest BCUT2D eigenvalue weighted by atomic mass is 10.1. The first-order chi connectivity index (χ1) is 12.7. The molecule has 1 aromatic heterocycles. The van der Waals surface area contributed by atoms with E-state index in [9.17, 15) is 4.79 Å². The van der Waals surface area contributed by atoms with E-state index in [0.29, 0.717) is 30.2 Å². The number of hydrogen-bond acceptors (Lipinski definition) is 4. The van der Waals surface area contributed by atoms with Crippen molar-refractivity contribution in [3.8, 4) is 11.5 Å². The minimum atomic E-state index is -0.161. The van der Waals surface area contributed by atoms with Crippen molar-refractivity contribution in [2.45, 2.75) is 6.42 Å². The van der Waals surface area contributed by atoms with E-state index >= 15 is 0 Å². The number of carbonyl (C=O) groups excluding carboxylic acids is 1. The molecule has 134 valence electrons. The fourth-order valence-corrected chi connectivity index (χ4v) is 2.67. The van der Waals surface area contributed by atoms with Crippen LogP contribution in [0.15, 0.2) is 59.0 Å². The maximum atomic E-state index is 12.0. The van der Waals surface area contributed by atoms with Crippen molar-refractivity contribution >= 4 is 23.0 Å². The first kappa shape index (κ1) is 17.6. The predicted octanol–water partition coefficient (Wildman–Crippen LogP) is 3.82. The number of rotatable bonds is 7. The number of methoxy groups -OCH3 is 2. The molecule has 0 spiro atoms. The van der Waals surface area contributed by atoms with Gasteiger partial charge in [0.25, 0.3) is 0 Å². The summed E-state index contributed by atoms with van der Waals surface area (Å²) in [6.07, 6.45) is 3.85. The summed E-state index contributed by atoms with van der Waals surface area (Å²) >= 11 is 0. The Morgan fingerprint density at radius 1 is 1.08 bits per heavy atom. The number of para-hydroxylation sites is 1. The molecule has 0 aliphatic carbocycles. The van der Waals surface area contributed by atoms with Crippen molar-refractivity contribution in [1.82, 2.24) is 5.32 Å². The second kappa shape index (κ2) is 8.25. The van der Waals surface area contributed by atoms with Gasteiger partial charge in [-0.25, -0.2) is 0 Å². The summed E-state index contributed by atoms with van der Waals surface area (Å²) in [5.41, 5.74) is 1.87. The molecule has 0 atom stereocenters. The van der Waals surface area contributed by atoms with Gasteiger partial charge in [0, 0.05) is 18.0 Å². The van der Waals surface area contributed by atoms with E-state index in [1.165, 1.54) is 6.08 Å². The highest BCUT2D eigenvalue weighted by Crippen LogP contribution is 2.27. The van der Waals surface area contributed by atoms with Crippen LogP contribution in [0.25, 0.3) is 17.0 Å². The van der Waals surface area contributed by atoms with Crippen molar-refractivity contribution in [2.24, 2.45) is 0 Å². The lowest BCUT2D eigenvalue weighted by Gasteiger charge is -2.09. The Hall–Kier alpha value is -3.21. The van der Waals surface area contributed by atoms with Crippen molar-refractivity contribution in [2.75, 3.05) is 20.8 Å². The summed E-state index contributed by atoms with van der Waals surface area (Å²) in [6.45, 7) is 0.527. The van der Waals surface area contributed by atoms with Crippen LogP contribution in [0, 0.1) is 0 Å². The lowest BCUT2D eigenvalue weighted by Crippen LogP contribution is -2.23. The fraction of sp³-hybridized carbons (Fsp3) is 0.190. The SMILES string of the molecule is COc1ccc(CCNC(=O)/C=C/c2cc3ccccc3o2)cc1OC. The van der Waals surface area contributed by atoms with Gasteiger partial charge in [-0.1, -0.05) is 24.3 Å². The molecule has 5 heteroatoms. The Morgan fingerprint density at radius 3 is 2.65 bits per heavy atom. The molecule has 0 unspecified atom stereocenters. The Balaban J connectivity index is 1.52. The van der Waals surface area contributed by atoms with Crippen molar-refractivity contribution < 1.29 is 18.7 Å². The van der Waals surface area contributed by atoms with E-state index in [1.54, 1.807) is 20.3 Å². The molecule has 0 radical (unpaired) electrons. The van der Waals surface area contributed by atoms with E-state index in [0.717, 1.165) is 16.5 Å². The van der Waals surface area contributed by atoms with E-state index in [1.807, 2.05) is 48.5 Å². The Labute approximate surface area is 152 Å². The number of fused-ring (bicyclic) bond motifs is 1. The zero-order chi connectivity index (χ0) is 18.4. The van der Waals surface area contributed by atoms with E-state index in [-0.39, 0.29) is 5.91 Å². The first-order valence-corrected chi connectivity index (χ1v) is 8.35. The van der Waals surface area contributed by atoms with E-state index in [4.69, 9.17) is 13.9 Å². The summed E-state index contributed by atoms with van der Waals surface area (Å²) in [4.78, 5) is 12.0. The van der Waals surface area contributed by atoms with Crippen LogP contribution in [0.5, 0.6) is 11.5 Å². The number of benzene rings is 2. The maximum absolute atomic E-state index is 12.0. The molecule has 1 heterocycles. The van der Waals surface area contributed by atoms with Crippen molar-refractivity contribution in [3.63, 3.8) is 0 Å². The average Bonchev–Trinajstić information content (AvgIpc) is 3.09. The lowest BCUT2D eigenvalue weighted by molar-refractivity contribution is -0.116. The van der Waals surface area contributed by atoms with Crippen LogP contribution in [0.4, 0.5) is 0 Å². The van der Waals surface area contributed by atoms with Gasteiger partial charge in [-0.15, -0.1) is 0 Å². The number of nitrogens with one attached hydrogen (secondary N) is 1. The third kappa shape index (κ3) is 4.25. The molecule has 1 amide bonds. The number of amides is 1. The monoisotopic (exact) mass is 351 g/mol. The number of ether oxygens (including phenoxy) is 2. The third-order valence-corrected chi connectivity index (χ3v) is 4.00. The Kier molecular flexibility index (Phi) is 5.59. The van der Waals surface area contributed by atoms with Gasteiger partial charge in [-0.05, 0) is 42.3 Å². The van der Waals surface area contributed by atoms with Gasteiger partial charge in [0.05, 0.1) is 14.2 Å². The quantitative estimate of drug-likeness (QED) is 0.657. The summed E-state index contributed by atoms with van der Waals surface area (Å²) in [7, 11) is 3.21. The van der Waals surface area contributed by atoms with Crippen LogP contribution in [0.2, 0.25) is 0 Å². The molecular weight excluding hydrogens is 330 g/mol. The third-order valence-electron chi connectivity index (χ3n) is 4.00. The van der Waals surface area contributed by atoms with Crippen molar-refractivity contribution in [3.05, 3.63) is 65.9 Å². The molecule has 0 fully saturated rings. The molecule has 0 saturated carbocycles. The van der Waals surface area contributed by atoms with Gasteiger partial charge in [0.15, 0.2) is 11.5 Å². The van der Waals surface area contributed by atoms with Gasteiger partial charge in [-0.2, -0.15) is 0 Å². The smallest absolute Gasteiger partial charge is 0.244 e. The molecule has 3 rings (SSSR count). The summed E-state index contributed by atoms with van der Waals surface area (Å²) in [6, 6.07) is 15.4. The summed E-state index contributed by atoms with van der Waals surface area (Å²) < 4.78 is 16.1. The number of furan rings is 1. The zero-order valence-electron chi connectivity index (χ0n) is 14.8. The summed E-state index contributed by atoms with van der Waals surface area (Å²) in [5.74, 6) is 1.86. The Bertz CT molecular complexity index is 894. The normalized spacial score (nSPS) is 11.0. The molecule has 3 aromatic rings. The molecule has 5 nitrogen and oxygen atoms in total. The van der Waals surface area contributed by atoms with Gasteiger partial charge < -0.3 is 19.2 Å². The van der Waals surface area contributed by atoms with Crippen molar-refractivity contribution in [1.29, 1.82) is 0 Å². The zero-order valence-corrected chi connectivity index (χ0v) is 14.8. The second-order valence-corrected chi connectivity index (χ2v) is 5.75. The first-order valence-electron chi connectivity index (χ1n) is 8.35. The van der Waals surface area contributed by atoms with Gasteiger partial charge in [-0.3, -0.25) is 4.79 Å². The minimum Gasteiger partial charge on any atom is -0.493 e. The number of hydrogen-bond donors (Lipinski definition) is 1.